The molecule has 32 heavy (non-hydrogen) atoms. The number of carboxylic acid groups (broad SMARTS) is 1. The molecule has 0 amide bonds. The lowest BCUT2D eigenvalue weighted by atomic mass is 10.1. The molecule has 0 spiro atoms. The summed E-state index contributed by atoms with van der Waals surface area (Å²) in [5.41, 5.74) is 5.08. The third kappa shape index (κ3) is 4.18. The number of nitrogens with zero attached hydrogens (tertiary/aromatic N) is 2. The van der Waals surface area contributed by atoms with Gasteiger partial charge in [0.25, 0.3) is 0 Å². The maximum Gasteiger partial charge on any atom is 0.573 e. The number of pyridine rings is 1. The highest BCUT2D eigenvalue weighted by Gasteiger charge is 2.63. The van der Waals surface area contributed by atoms with Crippen molar-refractivity contribution in [2.75, 3.05) is 7.05 Å². The van der Waals surface area contributed by atoms with E-state index in [1.165, 1.54) is 35.9 Å². The van der Waals surface area contributed by atoms with Crippen molar-refractivity contribution < 1.29 is 32.6 Å². The highest BCUT2D eigenvalue weighted by molar-refractivity contribution is 5.91. The summed E-state index contributed by atoms with van der Waals surface area (Å²) in [5, 5.41) is 9.97. The maximum absolute atomic E-state index is 12.6. The summed E-state index contributed by atoms with van der Waals surface area (Å²) in [6.07, 6.45) is -4.26. The molecule has 1 aromatic carbocycles. The molecule has 1 aliphatic rings. The predicted molar refractivity (Wildman–Crippen MR) is 111 cm³/mol. The van der Waals surface area contributed by atoms with Crippen LogP contribution >= 0.6 is 0 Å². The third-order valence-corrected chi connectivity index (χ3v) is 5.56. The second kappa shape index (κ2) is 8.27. The van der Waals surface area contributed by atoms with Crippen LogP contribution in [0.1, 0.15) is 35.9 Å². The van der Waals surface area contributed by atoms with E-state index in [0.29, 0.717) is 28.7 Å². The molecule has 2 unspecified atom stereocenters. The van der Waals surface area contributed by atoms with Crippen LogP contribution in [0.15, 0.2) is 42.5 Å². The molecule has 7 nitrogen and oxygen atoms in total. The van der Waals surface area contributed by atoms with Crippen molar-refractivity contribution >= 4 is 23.2 Å². The molecular weight excluding hydrogens is 427 g/mol. The molecule has 2 aromatic heterocycles. The average molecular weight is 449 g/mol. The molecule has 170 valence electrons. The molecule has 2 atom stereocenters. The number of aromatic nitrogens is 2. The molecule has 2 heterocycles. The fraction of sp³-hybridized carbons (Fsp3) is 0.318. The lowest BCUT2D eigenvalue weighted by Crippen LogP contribution is -2.17. The Morgan fingerprint density at radius 3 is 2.47 bits per heavy atom. The second-order valence-corrected chi connectivity index (χ2v) is 7.83. The first-order valence-electron chi connectivity index (χ1n) is 9.67. The Kier molecular flexibility index (Phi) is 6.01. The zero-order valence-electron chi connectivity index (χ0n) is 17.6. The number of hydrogen-bond acceptors (Lipinski definition) is 5. The first-order valence-corrected chi connectivity index (χ1v) is 9.67. The number of fused-ring (bicyclic) bond motifs is 1. The van der Waals surface area contributed by atoms with Gasteiger partial charge in [0.05, 0.1) is 17.1 Å². The van der Waals surface area contributed by atoms with E-state index in [1.807, 2.05) is 13.8 Å². The number of carbonyl (C=O) groups excluding carboxylic acids is 1. The molecule has 10 heteroatoms. The van der Waals surface area contributed by atoms with Crippen molar-refractivity contribution in [2.45, 2.75) is 26.1 Å². The van der Waals surface area contributed by atoms with Crippen molar-refractivity contribution in [3.05, 3.63) is 53.9 Å². The lowest BCUT2D eigenvalue weighted by Gasteiger charge is -2.12. The summed E-state index contributed by atoms with van der Waals surface area (Å²) in [6.45, 7) is 3.68. The van der Waals surface area contributed by atoms with Gasteiger partial charge in [0.1, 0.15) is 11.6 Å². The maximum atomic E-state index is 12.6. The minimum Gasteiger partial charge on any atom is -0.481 e. The number of rotatable bonds is 5. The number of carbonyl (C=O) groups is 2. The van der Waals surface area contributed by atoms with E-state index in [1.54, 1.807) is 18.2 Å². The Morgan fingerprint density at radius 1 is 1.22 bits per heavy atom. The molecule has 1 fully saturated rings. The van der Waals surface area contributed by atoms with Crippen LogP contribution in [-0.4, -0.2) is 40.3 Å². The molecule has 3 N–H and O–H groups in total. The zero-order valence-corrected chi connectivity index (χ0v) is 17.6. The second-order valence-electron chi connectivity index (χ2n) is 7.83. The van der Waals surface area contributed by atoms with Crippen LogP contribution in [0.3, 0.4) is 0 Å². The standard InChI is InChI=1S/C21H17F3N2O4.CH5N/c1-20(2)17(18(20)19(28)29)14-4-3-5-16(25-14)26-12(10-27)8-11-6-7-13(9-15(11)26)30-21(22,23)24;1-2/h3-10,17-18H,1-2H3,(H,28,29);2H2,1H3. The van der Waals surface area contributed by atoms with E-state index in [9.17, 15) is 27.9 Å². The topological polar surface area (TPSA) is 107 Å². The number of benzene rings is 1. The van der Waals surface area contributed by atoms with Crippen molar-refractivity contribution in [1.82, 2.24) is 9.55 Å². The van der Waals surface area contributed by atoms with Gasteiger partial charge in [-0.3, -0.25) is 14.2 Å². The van der Waals surface area contributed by atoms with Crippen molar-refractivity contribution in [1.29, 1.82) is 0 Å². The molecule has 4 rings (SSSR count). The van der Waals surface area contributed by atoms with Gasteiger partial charge in [-0.2, -0.15) is 0 Å². The lowest BCUT2D eigenvalue weighted by molar-refractivity contribution is -0.274. The van der Waals surface area contributed by atoms with Crippen molar-refractivity contribution in [3.63, 3.8) is 0 Å². The van der Waals surface area contributed by atoms with Crippen LogP contribution in [0.2, 0.25) is 0 Å². The van der Waals surface area contributed by atoms with Crippen LogP contribution in [0.4, 0.5) is 13.2 Å². The number of carboxylic acids is 1. The molecule has 0 aliphatic heterocycles. The van der Waals surface area contributed by atoms with E-state index in [2.05, 4.69) is 15.5 Å². The molecular formula is C22H22F3N3O4. The third-order valence-electron chi connectivity index (χ3n) is 5.56. The highest BCUT2D eigenvalue weighted by atomic mass is 19.4. The minimum absolute atomic E-state index is 0.198. The van der Waals surface area contributed by atoms with Gasteiger partial charge in [-0.25, -0.2) is 4.98 Å². The summed E-state index contributed by atoms with van der Waals surface area (Å²) >= 11 is 0. The summed E-state index contributed by atoms with van der Waals surface area (Å²) < 4.78 is 43.3. The number of ether oxygens (including phenoxy) is 1. The Hall–Kier alpha value is -3.40. The van der Waals surface area contributed by atoms with Gasteiger partial charge >= 0.3 is 12.3 Å². The highest BCUT2D eigenvalue weighted by Crippen LogP contribution is 2.64. The monoisotopic (exact) mass is 449 g/mol. The largest absolute Gasteiger partial charge is 0.573 e. The Labute approximate surface area is 181 Å². The number of aliphatic carboxylic acids is 1. The van der Waals surface area contributed by atoms with Gasteiger partial charge in [-0.05, 0) is 42.8 Å². The van der Waals surface area contributed by atoms with Crippen LogP contribution in [0.5, 0.6) is 5.75 Å². The van der Waals surface area contributed by atoms with Gasteiger partial charge in [0.15, 0.2) is 6.29 Å². The minimum atomic E-state index is -4.85. The number of nitrogens with two attached hydrogens (primary N) is 1. The normalized spacial score (nSPS) is 19.1. The Balaban J connectivity index is 0.00000141. The predicted octanol–water partition coefficient (Wildman–Crippen LogP) is 4.14. The SMILES string of the molecule is CC1(C)C(C(=O)O)C1c1cccc(-n2c(C=O)cc3ccc(OC(F)(F)F)cc32)n1.CN. The van der Waals surface area contributed by atoms with Crippen LogP contribution in [0.25, 0.3) is 16.7 Å². The summed E-state index contributed by atoms with van der Waals surface area (Å²) in [7, 11) is 1.50. The molecule has 0 radical (unpaired) electrons. The summed E-state index contributed by atoms with van der Waals surface area (Å²) in [5.74, 6) is -1.91. The van der Waals surface area contributed by atoms with Gasteiger partial charge in [-0.1, -0.05) is 19.9 Å². The molecule has 0 saturated heterocycles. The van der Waals surface area contributed by atoms with Crippen LogP contribution < -0.4 is 10.5 Å². The van der Waals surface area contributed by atoms with Gasteiger partial charge in [0.2, 0.25) is 0 Å². The molecule has 3 aromatic rings. The van der Waals surface area contributed by atoms with E-state index in [-0.39, 0.29) is 11.6 Å². The number of aldehydes is 1. The first-order chi connectivity index (χ1) is 15.0. The number of hydrogen-bond donors (Lipinski definition) is 2. The van der Waals surface area contributed by atoms with Crippen molar-refractivity contribution in [3.8, 4) is 11.6 Å². The molecule has 1 aliphatic carbocycles. The van der Waals surface area contributed by atoms with Crippen LogP contribution in [0, 0.1) is 11.3 Å². The van der Waals surface area contributed by atoms with E-state index in [0.717, 1.165) is 0 Å². The smallest absolute Gasteiger partial charge is 0.481 e. The average Bonchev–Trinajstić information content (AvgIpc) is 3.13. The molecule has 0 bridgehead atoms. The Morgan fingerprint density at radius 2 is 1.91 bits per heavy atom. The Bertz CT molecular complexity index is 1170. The molecule has 1 saturated carbocycles. The van der Waals surface area contributed by atoms with E-state index < -0.39 is 29.4 Å². The van der Waals surface area contributed by atoms with Crippen LogP contribution in [-0.2, 0) is 4.79 Å². The quantitative estimate of drug-likeness (QED) is 0.567. The number of alkyl halides is 3. The zero-order chi connectivity index (χ0) is 23.8. The van der Waals surface area contributed by atoms with Gasteiger partial charge in [0, 0.05) is 23.1 Å². The fourth-order valence-corrected chi connectivity index (χ4v) is 4.13. The first kappa shape index (κ1) is 23.3. The van der Waals surface area contributed by atoms with E-state index in [4.69, 9.17) is 0 Å². The van der Waals surface area contributed by atoms with Gasteiger partial charge < -0.3 is 15.6 Å². The van der Waals surface area contributed by atoms with Crippen molar-refractivity contribution in [2.24, 2.45) is 17.1 Å². The summed E-state index contributed by atoms with van der Waals surface area (Å²) in [6, 6.07) is 10.3. The van der Waals surface area contributed by atoms with E-state index >= 15 is 0 Å². The summed E-state index contributed by atoms with van der Waals surface area (Å²) in [4.78, 5) is 27.7. The number of halogens is 3. The van der Waals surface area contributed by atoms with Gasteiger partial charge in [-0.15, -0.1) is 13.2 Å². The fourth-order valence-electron chi connectivity index (χ4n) is 4.13.